The second kappa shape index (κ2) is 9.61. The number of amides is 2. The predicted octanol–water partition coefficient (Wildman–Crippen LogP) is 3.77. The lowest BCUT2D eigenvalue weighted by Crippen LogP contribution is -2.24. The molecule has 0 atom stereocenters. The van der Waals surface area contributed by atoms with Gasteiger partial charge in [-0.3, -0.25) is 9.59 Å². The van der Waals surface area contributed by atoms with Crippen molar-refractivity contribution in [3.63, 3.8) is 0 Å². The Kier molecular flexibility index (Phi) is 7.21. The van der Waals surface area contributed by atoms with E-state index >= 15 is 0 Å². The highest BCUT2D eigenvalue weighted by Crippen LogP contribution is 2.17. The summed E-state index contributed by atoms with van der Waals surface area (Å²) in [6.07, 6.45) is 1.01. The quantitative estimate of drug-likeness (QED) is 0.734. The third-order valence-electron chi connectivity index (χ3n) is 4.04. The Labute approximate surface area is 155 Å². The second-order valence-corrected chi connectivity index (χ2v) is 6.35. The summed E-state index contributed by atoms with van der Waals surface area (Å²) in [5.41, 5.74) is 2.80. The molecule has 138 valence electrons. The summed E-state index contributed by atoms with van der Waals surface area (Å²) in [5.74, 6) is 0.748. The van der Waals surface area contributed by atoms with Crippen molar-refractivity contribution in [2.75, 3.05) is 19.0 Å². The van der Waals surface area contributed by atoms with E-state index in [0.717, 1.165) is 22.6 Å². The molecule has 2 aromatic rings. The van der Waals surface area contributed by atoms with Gasteiger partial charge in [0.05, 0.1) is 6.61 Å². The molecule has 0 saturated heterocycles. The molecule has 2 amide bonds. The van der Waals surface area contributed by atoms with E-state index in [9.17, 15) is 9.59 Å². The zero-order valence-electron chi connectivity index (χ0n) is 15.6. The van der Waals surface area contributed by atoms with Crippen LogP contribution in [0, 0.1) is 6.92 Å². The Morgan fingerprint density at radius 2 is 1.88 bits per heavy atom. The van der Waals surface area contributed by atoms with Gasteiger partial charge in [0.25, 0.3) is 0 Å². The van der Waals surface area contributed by atoms with Crippen LogP contribution < -0.4 is 10.1 Å². The van der Waals surface area contributed by atoms with E-state index < -0.39 is 0 Å². The van der Waals surface area contributed by atoms with Crippen molar-refractivity contribution < 1.29 is 14.3 Å². The number of nitrogens with one attached hydrogen (secondary N) is 1. The van der Waals surface area contributed by atoms with E-state index in [1.165, 1.54) is 6.92 Å². The monoisotopic (exact) mass is 354 g/mol. The first-order chi connectivity index (χ1) is 12.5. The molecular formula is C21H26N2O3. The van der Waals surface area contributed by atoms with Crippen LogP contribution >= 0.6 is 0 Å². The molecular weight excluding hydrogens is 328 g/mol. The number of anilines is 1. The van der Waals surface area contributed by atoms with Gasteiger partial charge in [0, 0.05) is 32.6 Å². The van der Waals surface area contributed by atoms with Crippen LogP contribution in [-0.4, -0.2) is 30.4 Å². The minimum absolute atomic E-state index is 0.0144. The molecule has 5 heteroatoms. The molecule has 0 aliphatic carbocycles. The number of hydrogen-bond acceptors (Lipinski definition) is 3. The molecule has 26 heavy (non-hydrogen) atoms. The summed E-state index contributed by atoms with van der Waals surface area (Å²) < 4.78 is 5.67. The van der Waals surface area contributed by atoms with Crippen molar-refractivity contribution in [1.82, 2.24) is 4.90 Å². The van der Waals surface area contributed by atoms with E-state index in [4.69, 9.17) is 4.74 Å². The molecule has 0 fully saturated rings. The lowest BCUT2D eigenvalue weighted by Gasteiger charge is -2.18. The molecule has 0 aliphatic rings. The number of para-hydroxylation sites is 1. The topological polar surface area (TPSA) is 58.6 Å². The molecule has 0 saturated carbocycles. The molecule has 0 bridgehead atoms. The molecule has 0 heterocycles. The summed E-state index contributed by atoms with van der Waals surface area (Å²) in [6, 6.07) is 15.4. The fraction of sp³-hybridized carbons (Fsp3) is 0.333. The van der Waals surface area contributed by atoms with Gasteiger partial charge >= 0.3 is 0 Å². The maximum atomic E-state index is 12.2. The highest BCUT2D eigenvalue weighted by molar-refractivity contribution is 5.91. The number of nitrogens with zero attached hydrogens (tertiary/aromatic N) is 1. The Hall–Kier alpha value is -2.82. The van der Waals surface area contributed by atoms with Crippen LogP contribution in [0.25, 0.3) is 0 Å². The zero-order chi connectivity index (χ0) is 18.9. The summed E-state index contributed by atoms with van der Waals surface area (Å²) in [7, 11) is 1.74. The summed E-state index contributed by atoms with van der Waals surface area (Å²) >= 11 is 0. The summed E-state index contributed by atoms with van der Waals surface area (Å²) in [6.45, 7) is 4.49. The van der Waals surface area contributed by atoms with Gasteiger partial charge in [-0.25, -0.2) is 0 Å². The molecule has 0 aromatic heterocycles. The van der Waals surface area contributed by atoms with Gasteiger partial charge in [-0.15, -0.1) is 0 Å². The van der Waals surface area contributed by atoms with Gasteiger partial charge in [0.1, 0.15) is 5.75 Å². The number of carbonyl (C=O) groups is 2. The predicted molar refractivity (Wildman–Crippen MR) is 103 cm³/mol. The number of hydrogen-bond donors (Lipinski definition) is 1. The fourth-order valence-electron chi connectivity index (χ4n) is 2.49. The maximum absolute atomic E-state index is 12.2. The number of ether oxygens (including phenoxy) is 1. The average molecular weight is 354 g/mol. The van der Waals surface area contributed by atoms with Crippen molar-refractivity contribution in [3.05, 3.63) is 59.7 Å². The Morgan fingerprint density at radius 1 is 1.12 bits per heavy atom. The van der Waals surface area contributed by atoms with Crippen molar-refractivity contribution in [1.29, 1.82) is 0 Å². The van der Waals surface area contributed by atoms with Crippen molar-refractivity contribution >= 4 is 17.5 Å². The summed E-state index contributed by atoms with van der Waals surface area (Å²) in [4.78, 5) is 25.2. The van der Waals surface area contributed by atoms with E-state index in [1.54, 1.807) is 11.9 Å². The van der Waals surface area contributed by atoms with E-state index in [-0.39, 0.29) is 11.8 Å². The highest BCUT2D eigenvalue weighted by atomic mass is 16.5. The molecule has 0 spiro atoms. The van der Waals surface area contributed by atoms with Gasteiger partial charge in [-0.1, -0.05) is 30.3 Å². The van der Waals surface area contributed by atoms with Gasteiger partial charge in [-0.05, 0) is 42.7 Å². The Bertz CT molecular complexity index is 758. The van der Waals surface area contributed by atoms with Crippen LogP contribution in [0.5, 0.6) is 5.75 Å². The summed E-state index contributed by atoms with van der Waals surface area (Å²) in [5, 5.41) is 2.93. The lowest BCUT2D eigenvalue weighted by atomic mass is 10.1. The van der Waals surface area contributed by atoms with Crippen LogP contribution in [0.3, 0.4) is 0 Å². The minimum atomic E-state index is -0.0595. The molecule has 0 radical (unpaired) electrons. The van der Waals surface area contributed by atoms with E-state index in [2.05, 4.69) is 5.32 Å². The van der Waals surface area contributed by atoms with Gasteiger partial charge < -0.3 is 15.0 Å². The average Bonchev–Trinajstić information content (AvgIpc) is 2.60. The van der Waals surface area contributed by atoms with Crippen molar-refractivity contribution in [2.45, 2.75) is 33.2 Å². The van der Waals surface area contributed by atoms with Gasteiger partial charge in [0.2, 0.25) is 11.8 Å². The number of benzene rings is 2. The smallest absolute Gasteiger partial charge is 0.224 e. The van der Waals surface area contributed by atoms with Gasteiger partial charge in [0.15, 0.2) is 0 Å². The minimum Gasteiger partial charge on any atom is -0.494 e. The maximum Gasteiger partial charge on any atom is 0.224 e. The Morgan fingerprint density at radius 3 is 2.62 bits per heavy atom. The van der Waals surface area contributed by atoms with Crippen molar-refractivity contribution in [2.24, 2.45) is 0 Å². The highest BCUT2D eigenvalue weighted by Gasteiger charge is 2.10. The number of carbonyl (C=O) groups excluding carboxylic acids is 2. The first kappa shape index (κ1) is 19.5. The van der Waals surface area contributed by atoms with E-state index in [0.29, 0.717) is 26.0 Å². The van der Waals surface area contributed by atoms with E-state index in [1.807, 2.05) is 55.5 Å². The SMILES string of the molecule is CC(=O)N(C)Cc1ccccc1NC(=O)CCCOc1cccc(C)c1. The normalized spacial score (nSPS) is 10.3. The first-order valence-corrected chi connectivity index (χ1v) is 8.74. The van der Waals surface area contributed by atoms with Crippen LogP contribution in [0.15, 0.2) is 48.5 Å². The molecule has 0 unspecified atom stereocenters. The van der Waals surface area contributed by atoms with Crippen LogP contribution in [0.2, 0.25) is 0 Å². The zero-order valence-corrected chi connectivity index (χ0v) is 15.6. The van der Waals surface area contributed by atoms with Gasteiger partial charge in [-0.2, -0.15) is 0 Å². The lowest BCUT2D eigenvalue weighted by molar-refractivity contribution is -0.128. The number of aryl methyl sites for hydroxylation is 1. The van der Waals surface area contributed by atoms with Crippen LogP contribution in [0.4, 0.5) is 5.69 Å². The second-order valence-electron chi connectivity index (χ2n) is 6.35. The van der Waals surface area contributed by atoms with Crippen molar-refractivity contribution in [3.8, 4) is 5.75 Å². The number of rotatable bonds is 8. The first-order valence-electron chi connectivity index (χ1n) is 8.74. The fourth-order valence-corrected chi connectivity index (χ4v) is 2.49. The Balaban J connectivity index is 1.81. The van der Waals surface area contributed by atoms with Crippen LogP contribution in [0.1, 0.15) is 30.9 Å². The largest absolute Gasteiger partial charge is 0.494 e. The molecule has 0 aliphatic heterocycles. The van der Waals surface area contributed by atoms with Crippen LogP contribution in [-0.2, 0) is 16.1 Å². The molecule has 2 rings (SSSR count). The standard InChI is InChI=1S/C21H26N2O3/c1-16-8-6-10-19(14-16)26-13-7-12-21(25)22-20-11-5-4-9-18(20)15-23(3)17(2)24/h4-6,8-11,14H,7,12-13,15H2,1-3H3,(H,22,25). The molecule has 1 N–H and O–H groups in total. The third kappa shape index (κ3) is 6.24. The molecule has 2 aromatic carbocycles. The molecule has 5 nitrogen and oxygen atoms in total. The third-order valence-corrected chi connectivity index (χ3v) is 4.04.